The molecule has 1 heteroatoms. The van der Waals surface area contributed by atoms with Crippen LogP contribution in [-0.2, 0) is 4.79 Å². The molecule has 1 aliphatic carbocycles. The molecule has 0 amide bonds. The Bertz CT molecular complexity index is 286. The highest BCUT2D eigenvalue weighted by molar-refractivity contribution is 5.88. The van der Waals surface area contributed by atoms with E-state index in [0.717, 1.165) is 24.8 Å². The van der Waals surface area contributed by atoms with Crippen molar-refractivity contribution >= 4 is 5.78 Å². The summed E-state index contributed by atoms with van der Waals surface area (Å²) in [6, 6.07) is 0. The van der Waals surface area contributed by atoms with Crippen LogP contribution in [0.15, 0.2) is 37.0 Å². The summed E-state index contributed by atoms with van der Waals surface area (Å²) in [6.07, 6.45) is 9.22. The minimum Gasteiger partial charge on any atom is -0.299 e. The number of carbonyl (C=O) groups excluding carboxylic acids is 1. The number of ketones is 1. The van der Waals surface area contributed by atoms with Crippen LogP contribution in [0.1, 0.15) is 32.6 Å². The molecule has 1 fully saturated rings. The van der Waals surface area contributed by atoms with Crippen molar-refractivity contribution in [1.82, 2.24) is 0 Å². The molecule has 0 bridgehead atoms. The second-order valence-electron chi connectivity index (χ2n) is 4.02. The molecule has 1 rings (SSSR count). The first-order chi connectivity index (χ1) is 6.65. The van der Waals surface area contributed by atoms with Gasteiger partial charge in [-0.2, -0.15) is 0 Å². The number of hydrogen-bond acceptors (Lipinski definition) is 1. The Morgan fingerprint density at radius 1 is 1.43 bits per heavy atom. The summed E-state index contributed by atoms with van der Waals surface area (Å²) in [5.74, 6) is 0.344. The first-order valence-electron chi connectivity index (χ1n) is 5.14. The summed E-state index contributed by atoms with van der Waals surface area (Å²) < 4.78 is 0. The molecule has 0 spiro atoms. The summed E-state index contributed by atoms with van der Waals surface area (Å²) in [7, 11) is 0. The highest BCUT2D eigenvalue weighted by Crippen LogP contribution is 2.39. The molecule has 1 aliphatic rings. The maximum absolute atomic E-state index is 11.9. The average molecular weight is 190 g/mol. The third-order valence-electron chi connectivity index (χ3n) is 3.10. The third-order valence-corrected chi connectivity index (χ3v) is 3.10. The molecule has 1 saturated carbocycles. The third kappa shape index (κ3) is 1.87. The van der Waals surface area contributed by atoms with Crippen molar-refractivity contribution in [2.75, 3.05) is 0 Å². The van der Waals surface area contributed by atoms with Crippen molar-refractivity contribution in [3.8, 4) is 0 Å². The van der Waals surface area contributed by atoms with E-state index in [1.807, 2.05) is 13.0 Å². The van der Waals surface area contributed by atoms with Crippen molar-refractivity contribution in [1.29, 1.82) is 0 Å². The quantitative estimate of drug-likeness (QED) is 0.623. The van der Waals surface area contributed by atoms with Crippen LogP contribution < -0.4 is 0 Å². The predicted octanol–water partition coefficient (Wildman–Crippen LogP) is 3.43. The number of allylic oxidation sites excluding steroid dienone is 4. The SMILES string of the molecule is C=C/C=C(\C=C)C1(C)CCCCC1=O. The van der Waals surface area contributed by atoms with Crippen LogP contribution >= 0.6 is 0 Å². The standard InChI is InChI=1S/C13H18O/c1-4-8-11(5-2)13(3)10-7-6-9-12(13)14/h4-5,8H,1-2,6-7,9-10H2,3H3/b11-8+. The molecule has 0 heterocycles. The zero-order valence-electron chi connectivity index (χ0n) is 8.88. The van der Waals surface area contributed by atoms with Gasteiger partial charge in [0.05, 0.1) is 5.41 Å². The van der Waals surface area contributed by atoms with Gasteiger partial charge >= 0.3 is 0 Å². The Morgan fingerprint density at radius 2 is 2.14 bits per heavy atom. The van der Waals surface area contributed by atoms with Crippen LogP contribution in [0.2, 0.25) is 0 Å². The lowest BCUT2D eigenvalue weighted by Crippen LogP contribution is -2.32. The van der Waals surface area contributed by atoms with Crippen molar-refractivity contribution < 1.29 is 4.79 Å². The number of hydrogen-bond donors (Lipinski definition) is 0. The van der Waals surface area contributed by atoms with Gasteiger partial charge in [-0.3, -0.25) is 4.79 Å². The second-order valence-corrected chi connectivity index (χ2v) is 4.02. The topological polar surface area (TPSA) is 17.1 Å². The number of rotatable bonds is 3. The van der Waals surface area contributed by atoms with Gasteiger partial charge in [-0.1, -0.05) is 37.8 Å². The van der Waals surface area contributed by atoms with Crippen LogP contribution in [0.4, 0.5) is 0 Å². The molecule has 0 aliphatic heterocycles. The van der Waals surface area contributed by atoms with E-state index >= 15 is 0 Å². The molecule has 0 aromatic rings. The lowest BCUT2D eigenvalue weighted by atomic mass is 9.69. The fraction of sp³-hybridized carbons (Fsp3) is 0.462. The molecule has 1 unspecified atom stereocenters. The summed E-state index contributed by atoms with van der Waals surface area (Å²) in [5.41, 5.74) is 0.700. The lowest BCUT2D eigenvalue weighted by Gasteiger charge is -2.33. The molecule has 76 valence electrons. The van der Waals surface area contributed by atoms with Crippen LogP contribution in [0.5, 0.6) is 0 Å². The first kappa shape index (κ1) is 11.0. The lowest BCUT2D eigenvalue weighted by molar-refractivity contribution is -0.128. The zero-order chi connectivity index (χ0) is 10.6. The summed E-state index contributed by atoms with van der Waals surface area (Å²) >= 11 is 0. The van der Waals surface area contributed by atoms with E-state index < -0.39 is 0 Å². The van der Waals surface area contributed by atoms with E-state index in [0.29, 0.717) is 12.2 Å². The van der Waals surface area contributed by atoms with Crippen LogP contribution in [0.3, 0.4) is 0 Å². The highest BCUT2D eigenvalue weighted by atomic mass is 16.1. The summed E-state index contributed by atoms with van der Waals surface area (Å²) in [6.45, 7) is 9.45. The molecule has 0 saturated heterocycles. The largest absolute Gasteiger partial charge is 0.299 e. The van der Waals surface area contributed by atoms with Crippen LogP contribution in [-0.4, -0.2) is 5.78 Å². The van der Waals surface area contributed by atoms with E-state index in [9.17, 15) is 4.79 Å². The molecule has 0 aromatic carbocycles. The normalized spacial score (nSPS) is 28.6. The Balaban J connectivity index is 3.00. The first-order valence-corrected chi connectivity index (χ1v) is 5.14. The smallest absolute Gasteiger partial charge is 0.143 e. The molecular formula is C13H18O. The predicted molar refractivity (Wildman–Crippen MR) is 60.1 cm³/mol. The molecule has 1 atom stereocenters. The van der Waals surface area contributed by atoms with Gasteiger partial charge in [0, 0.05) is 6.42 Å². The van der Waals surface area contributed by atoms with E-state index in [1.165, 1.54) is 0 Å². The minimum atomic E-state index is -0.311. The molecular weight excluding hydrogens is 172 g/mol. The molecule has 0 radical (unpaired) electrons. The Morgan fingerprint density at radius 3 is 2.64 bits per heavy atom. The summed E-state index contributed by atoms with van der Waals surface area (Å²) in [5, 5.41) is 0. The van der Waals surface area contributed by atoms with Crippen molar-refractivity contribution in [2.45, 2.75) is 32.6 Å². The molecule has 1 nitrogen and oxygen atoms in total. The van der Waals surface area contributed by atoms with E-state index in [1.54, 1.807) is 12.2 Å². The van der Waals surface area contributed by atoms with Gasteiger partial charge in [-0.25, -0.2) is 0 Å². The van der Waals surface area contributed by atoms with Gasteiger partial charge in [-0.05, 0) is 25.3 Å². The fourth-order valence-electron chi connectivity index (χ4n) is 2.09. The molecule has 0 aromatic heterocycles. The van der Waals surface area contributed by atoms with E-state index in [2.05, 4.69) is 13.2 Å². The molecule has 0 N–H and O–H groups in total. The van der Waals surface area contributed by atoms with Gasteiger partial charge in [-0.15, -0.1) is 0 Å². The van der Waals surface area contributed by atoms with Gasteiger partial charge in [0.25, 0.3) is 0 Å². The van der Waals surface area contributed by atoms with Gasteiger partial charge in [0.2, 0.25) is 0 Å². The van der Waals surface area contributed by atoms with E-state index in [4.69, 9.17) is 0 Å². The zero-order valence-corrected chi connectivity index (χ0v) is 8.88. The Hall–Kier alpha value is -1.11. The minimum absolute atomic E-state index is 0.311. The number of Topliss-reactive ketones (excluding diaryl/α,β-unsaturated/α-hetero) is 1. The van der Waals surface area contributed by atoms with Crippen LogP contribution in [0.25, 0.3) is 0 Å². The van der Waals surface area contributed by atoms with Gasteiger partial charge in [0.1, 0.15) is 5.78 Å². The monoisotopic (exact) mass is 190 g/mol. The average Bonchev–Trinajstić information content (AvgIpc) is 2.19. The van der Waals surface area contributed by atoms with Crippen molar-refractivity contribution in [3.05, 3.63) is 37.0 Å². The maximum Gasteiger partial charge on any atom is 0.143 e. The van der Waals surface area contributed by atoms with Crippen molar-refractivity contribution in [2.24, 2.45) is 5.41 Å². The Labute approximate surface area is 86.2 Å². The molecule has 14 heavy (non-hydrogen) atoms. The van der Waals surface area contributed by atoms with E-state index in [-0.39, 0.29) is 5.41 Å². The fourth-order valence-corrected chi connectivity index (χ4v) is 2.09. The van der Waals surface area contributed by atoms with Crippen LogP contribution in [0, 0.1) is 5.41 Å². The Kier molecular flexibility index (Phi) is 3.45. The highest BCUT2D eigenvalue weighted by Gasteiger charge is 2.36. The number of carbonyl (C=O) groups is 1. The maximum atomic E-state index is 11.9. The van der Waals surface area contributed by atoms with Gasteiger partial charge in [0.15, 0.2) is 0 Å². The van der Waals surface area contributed by atoms with Crippen molar-refractivity contribution in [3.63, 3.8) is 0 Å². The summed E-state index contributed by atoms with van der Waals surface area (Å²) in [4.78, 5) is 11.9. The second kappa shape index (κ2) is 4.41. The van der Waals surface area contributed by atoms with Gasteiger partial charge < -0.3 is 0 Å².